The monoisotopic (exact) mass is 215 g/mol. The Labute approximate surface area is 87.9 Å². The molecule has 1 unspecified atom stereocenters. The Bertz CT molecular complexity index is 219. The molecular weight excluding hydrogens is 198 g/mol. The molecule has 0 aromatic carbocycles. The van der Waals surface area contributed by atoms with Crippen LogP contribution in [0.5, 0.6) is 0 Å². The lowest BCUT2D eigenvalue weighted by molar-refractivity contribution is 0.0992. The molecule has 1 aliphatic rings. The Morgan fingerprint density at radius 1 is 1.36 bits per heavy atom. The minimum atomic E-state index is -0.699. The zero-order valence-corrected chi connectivity index (χ0v) is 9.22. The molecule has 0 radical (unpaired) electrons. The predicted octanol–water partition coefficient (Wildman–Crippen LogP) is 1.61. The second-order valence-corrected chi connectivity index (χ2v) is 5.35. The molecule has 14 heavy (non-hydrogen) atoms. The highest BCUT2D eigenvalue weighted by atomic mass is 32.2. The fraction of sp³-hybridized carbons (Fsp3) is 0.900. The Kier molecular flexibility index (Phi) is 5.81. The van der Waals surface area contributed by atoms with Crippen molar-refractivity contribution in [3.63, 3.8) is 0 Å². The first-order valence-corrected chi connectivity index (χ1v) is 6.54. The van der Waals surface area contributed by atoms with E-state index in [-0.39, 0.29) is 0 Å². The maximum atomic E-state index is 11.7. The van der Waals surface area contributed by atoms with Gasteiger partial charge in [-0.3, -0.25) is 4.21 Å². The van der Waals surface area contributed by atoms with Crippen LogP contribution in [0.25, 0.3) is 0 Å². The van der Waals surface area contributed by atoms with Crippen LogP contribution in [0.15, 0.2) is 0 Å². The van der Waals surface area contributed by atoms with Gasteiger partial charge in [-0.25, -0.2) is 0 Å². The first-order chi connectivity index (χ1) is 6.84. The number of nitrogens with zero attached hydrogens (tertiary/aromatic N) is 1. The number of rotatable bonds is 5. The van der Waals surface area contributed by atoms with E-state index >= 15 is 0 Å². The summed E-state index contributed by atoms with van der Waals surface area (Å²) in [7, 11) is -0.699. The Hall–Kier alpha value is -0.400. The van der Waals surface area contributed by atoms with Gasteiger partial charge in [0, 0.05) is 41.4 Å². The summed E-state index contributed by atoms with van der Waals surface area (Å²) in [6.07, 6.45) is 4.25. The molecule has 0 spiro atoms. The van der Waals surface area contributed by atoms with Crippen LogP contribution in [0, 0.1) is 11.3 Å². The molecule has 1 saturated heterocycles. The van der Waals surface area contributed by atoms with Crippen molar-refractivity contribution in [2.45, 2.75) is 37.4 Å². The minimum absolute atomic E-state index is 0.339. The van der Waals surface area contributed by atoms with Gasteiger partial charge in [-0.15, -0.1) is 0 Å². The third-order valence-corrected chi connectivity index (χ3v) is 4.33. The van der Waals surface area contributed by atoms with E-state index in [9.17, 15) is 4.21 Å². The van der Waals surface area contributed by atoms with Crippen molar-refractivity contribution in [3.05, 3.63) is 0 Å². The fourth-order valence-electron chi connectivity index (χ4n) is 1.55. The van der Waals surface area contributed by atoms with Gasteiger partial charge in [0.05, 0.1) is 6.07 Å². The smallest absolute Gasteiger partial charge is 0.0621 e. The summed E-state index contributed by atoms with van der Waals surface area (Å²) < 4.78 is 16.9. The summed E-state index contributed by atoms with van der Waals surface area (Å²) >= 11 is 0. The molecule has 0 aromatic heterocycles. The van der Waals surface area contributed by atoms with E-state index in [0.717, 1.165) is 44.6 Å². The van der Waals surface area contributed by atoms with Crippen LogP contribution < -0.4 is 0 Å². The quantitative estimate of drug-likeness (QED) is 0.655. The number of hydrogen-bond donors (Lipinski definition) is 0. The average Bonchev–Trinajstić information content (AvgIpc) is 2.25. The number of hydrogen-bond acceptors (Lipinski definition) is 3. The van der Waals surface area contributed by atoms with E-state index in [1.807, 2.05) is 0 Å². The normalized spacial score (nSPS) is 20.2. The summed E-state index contributed by atoms with van der Waals surface area (Å²) in [6.45, 7) is 1.52. The van der Waals surface area contributed by atoms with Gasteiger partial charge in [0.1, 0.15) is 0 Å². The van der Waals surface area contributed by atoms with E-state index < -0.39 is 10.8 Å². The van der Waals surface area contributed by atoms with Crippen LogP contribution in [-0.2, 0) is 15.5 Å². The van der Waals surface area contributed by atoms with Crippen molar-refractivity contribution < 1.29 is 8.95 Å². The van der Waals surface area contributed by atoms with Crippen molar-refractivity contribution in [2.24, 2.45) is 0 Å². The van der Waals surface area contributed by atoms with E-state index in [1.54, 1.807) is 0 Å². The van der Waals surface area contributed by atoms with Crippen molar-refractivity contribution in [3.8, 4) is 6.07 Å². The molecule has 80 valence electrons. The zero-order chi connectivity index (χ0) is 10.2. The molecule has 1 fully saturated rings. The van der Waals surface area contributed by atoms with Crippen LogP contribution >= 0.6 is 0 Å². The van der Waals surface area contributed by atoms with Gasteiger partial charge in [-0.1, -0.05) is 0 Å². The van der Waals surface area contributed by atoms with Gasteiger partial charge in [-0.2, -0.15) is 5.26 Å². The van der Waals surface area contributed by atoms with Crippen LogP contribution in [-0.4, -0.2) is 28.4 Å². The SMILES string of the molecule is N#CCCCCS(=O)C1CCOCC1. The molecule has 0 amide bonds. The molecule has 4 heteroatoms. The maximum Gasteiger partial charge on any atom is 0.0621 e. The third kappa shape index (κ3) is 4.21. The summed E-state index contributed by atoms with van der Waals surface area (Å²) in [5.41, 5.74) is 0. The summed E-state index contributed by atoms with van der Waals surface area (Å²) in [5.74, 6) is 0.756. The maximum absolute atomic E-state index is 11.7. The van der Waals surface area contributed by atoms with Gasteiger partial charge in [0.2, 0.25) is 0 Å². The summed E-state index contributed by atoms with van der Waals surface area (Å²) in [5, 5.41) is 8.68. The number of ether oxygens (including phenoxy) is 1. The largest absolute Gasteiger partial charge is 0.381 e. The van der Waals surface area contributed by atoms with Gasteiger partial charge in [0.15, 0.2) is 0 Å². The predicted molar refractivity (Wildman–Crippen MR) is 56.3 cm³/mol. The summed E-state index contributed by atoms with van der Waals surface area (Å²) in [6, 6.07) is 2.10. The standard InChI is InChI=1S/C10H17NO2S/c11-6-2-1-3-9-14(12)10-4-7-13-8-5-10/h10H,1-5,7-9H2. The van der Waals surface area contributed by atoms with Crippen molar-refractivity contribution in [2.75, 3.05) is 19.0 Å². The van der Waals surface area contributed by atoms with E-state index in [2.05, 4.69) is 6.07 Å². The molecule has 1 atom stereocenters. The molecule has 0 aromatic rings. The lowest BCUT2D eigenvalue weighted by Crippen LogP contribution is -2.26. The lowest BCUT2D eigenvalue weighted by atomic mass is 10.2. The van der Waals surface area contributed by atoms with Gasteiger partial charge >= 0.3 is 0 Å². The Morgan fingerprint density at radius 3 is 2.71 bits per heavy atom. The molecule has 0 saturated carbocycles. The van der Waals surface area contributed by atoms with Gasteiger partial charge in [-0.05, 0) is 25.7 Å². The van der Waals surface area contributed by atoms with Gasteiger partial charge < -0.3 is 4.74 Å². The Morgan fingerprint density at radius 2 is 2.07 bits per heavy atom. The average molecular weight is 215 g/mol. The van der Waals surface area contributed by atoms with Crippen molar-refractivity contribution in [1.29, 1.82) is 5.26 Å². The molecule has 0 aliphatic carbocycles. The Balaban J connectivity index is 2.11. The second kappa shape index (κ2) is 6.97. The van der Waals surface area contributed by atoms with E-state index in [1.165, 1.54) is 0 Å². The molecule has 0 bridgehead atoms. The highest BCUT2D eigenvalue weighted by Crippen LogP contribution is 2.14. The zero-order valence-electron chi connectivity index (χ0n) is 8.41. The summed E-state index contributed by atoms with van der Waals surface area (Å²) in [4.78, 5) is 0. The fourth-order valence-corrected chi connectivity index (χ4v) is 3.09. The highest BCUT2D eigenvalue weighted by Gasteiger charge is 2.19. The van der Waals surface area contributed by atoms with Crippen LogP contribution in [0.4, 0.5) is 0 Å². The topological polar surface area (TPSA) is 50.1 Å². The molecule has 0 N–H and O–H groups in total. The highest BCUT2D eigenvalue weighted by molar-refractivity contribution is 7.85. The first kappa shape index (κ1) is 11.7. The van der Waals surface area contributed by atoms with Gasteiger partial charge in [0.25, 0.3) is 0 Å². The van der Waals surface area contributed by atoms with Crippen LogP contribution in [0.3, 0.4) is 0 Å². The van der Waals surface area contributed by atoms with E-state index in [4.69, 9.17) is 10.00 Å². The van der Waals surface area contributed by atoms with Crippen molar-refractivity contribution >= 4 is 10.8 Å². The van der Waals surface area contributed by atoms with Crippen molar-refractivity contribution in [1.82, 2.24) is 0 Å². The van der Waals surface area contributed by atoms with Crippen LogP contribution in [0.2, 0.25) is 0 Å². The first-order valence-electron chi connectivity index (χ1n) is 5.16. The molecule has 3 nitrogen and oxygen atoms in total. The minimum Gasteiger partial charge on any atom is -0.381 e. The van der Waals surface area contributed by atoms with E-state index in [0.29, 0.717) is 11.7 Å². The molecule has 1 heterocycles. The second-order valence-electron chi connectivity index (χ2n) is 3.51. The van der Waals surface area contributed by atoms with Crippen LogP contribution in [0.1, 0.15) is 32.1 Å². The number of nitriles is 1. The molecule has 1 aliphatic heterocycles. The number of unbranched alkanes of at least 4 members (excludes halogenated alkanes) is 2. The third-order valence-electron chi connectivity index (χ3n) is 2.42. The molecule has 1 rings (SSSR count). The lowest BCUT2D eigenvalue weighted by Gasteiger charge is -2.21. The molecular formula is C10H17NO2S.